The Labute approximate surface area is 202 Å². The molecule has 0 saturated carbocycles. The molecule has 0 spiro atoms. The number of nitrogens with zero attached hydrogens (tertiary/aromatic N) is 3. The standard InChI is InChI=1S/C25H27N5O3S/c1-16(13-18-7-4-3-5-8-18)22(31)28-29-23(32)20-14-19(10-11-26-20)25(33)30-12-6-9-21(30)24-27-17(2)15-34-24/h3-5,7-8,10-11,14-16,21H,6,9,12-13H2,1-2H3,(H,28,31)(H,29,32)/t16-,21+/m0/s1. The van der Waals surface area contributed by atoms with Gasteiger partial charge < -0.3 is 4.90 Å². The molecule has 1 aliphatic heterocycles. The number of amides is 3. The number of aromatic nitrogens is 2. The van der Waals surface area contributed by atoms with E-state index in [0.29, 0.717) is 18.5 Å². The lowest BCUT2D eigenvalue weighted by Gasteiger charge is -2.23. The first-order chi connectivity index (χ1) is 16.4. The van der Waals surface area contributed by atoms with Gasteiger partial charge in [-0.2, -0.15) is 0 Å². The number of thiazole rings is 1. The van der Waals surface area contributed by atoms with E-state index in [9.17, 15) is 14.4 Å². The van der Waals surface area contributed by atoms with Crippen molar-refractivity contribution in [2.75, 3.05) is 6.54 Å². The van der Waals surface area contributed by atoms with Crippen molar-refractivity contribution in [1.82, 2.24) is 25.7 Å². The average molecular weight is 478 g/mol. The topological polar surface area (TPSA) is 104 Å². The summed E-state index contributed by atoms with van der Waals surface area (Å²) in [5, 5.41) is 2.92. The van der Waals surface area contributed by atoms with Crippen molar-refractivity contribution in [3.05, 3.63) is 81.6 Å². The predicted molar refractivity (Wildman–Crippen MR) is 129 cm³/mol. The molecule has 3 amide bonds. The van der Waals surface area contributed by atoms with Crippen LogP contribution in [0.3, 0.4) is 0 Å². The monoisotopic (exact) mass is 477 g/mol. The molecule has 176 valence electrons. The van der Waals surface area contributed by atoms with Gasteiger partial charge in [0.2, 0.25) is 5.91 Å². The number of pyridine rings is 1. The second-order valence-corrected chi connectivity index (χ2v) is 9.34. The molecule has 0 bridgehead atoms. The summed E-state index contributed by atoms with van der Waals surface area (Å²) in [5.41, 5.74) is 7.28. The van der Waals surface area contributed by atoms with Crippen LogP contribution in [0.15, 0.2) is 54.0 Å². The first kappa shape index (κ1) is 23.6. The second kappa shape index (κ2) is 10.6. The summed E-state index contributed by atoms with van der Waals surface area (Å²) in [6.07, 6.45) is 3.76. The van der Waals surface area contributed by atoms with Crippen molar-refractivity contribution in [3.63, 3.8) is 0 Å². The lowest BCUT2D eigenvalue weighted by molar-refractivity contribution is -0.125. The van der Waals surface area contributed by atoms with E-state index in [1.165, 1.54) is 12.3 Å². The van der Waals surface area contributed by atoms with E-state index in [1.807, 2.05) is 47.5 Å². The maximum Gasteiger partial charge on any atom is 0.288 e. The number of carbonyl (C=O) groups is 3. The molecule has 2 atom stereocenters. The average Bonchev–Trinajstić information content (AvgIpc) is 3.51. The molecular weight excluding hydrogens is 450 g/mol. The SMILES string of the molecule is Cc1csc([C@H]2CCCN2C(=O)c2ccnc(C(=O)NNC(=O)[C@@H](C)Cc3ccccc3)c2)n1. The fraction of sp³-hybridized carbons (Fsp3) is 0.320. The fourth-order valence-electron chi connectivity index (χ4n) is 4.01. The Morgan fingerprint density at radius 3 is 2.71 bits per heavy atom. The summed E-state index contributed by atoms with van der Waals surface area (Å²) in [7, 11) is 0. The predicted octanol–water partition coefficient (Wildman–Crippen LogP) is 3.46. The van der Waals surface area contributed by atoms with Gasteiger partial charge in [0.1, 0.15) is 10.7 Å². The van der Waals surface area contributed by atoms with E-state index in [4.69, 9.17) is 0 Å². The van der Waals surface area contributed by atoms with Gasteiger partial charge in [0.15, 0.2) is 0 Å². The highest BCUT2D eigenvalue weighted by Crippen LogP contribution is 2.34. The van der Waals surface area contributed by atoms with E-state index in [1.54, 1.807) is 24.3 Å². The van der Waals surface area contributed by atoms with Crippen LogP contribution < -0.4 is 10.9 Å². The van der Waals surface area contributed by atoms with Gasteiger partial charge in [-0.05, 0) is 43.9 Å². The van der Waals surface area contributed by atoms with Gasteiger partial charge in [-0.3, -0.25) is 30.2 Å². The molecular formula is C25H27N5O3S. The zero-order chi connectivity index (χ0) is 24.1. The molecule has 9 heteroatoms. The molecule has 0 unspecified atom stereocenters. The van der Waals surface area contributed by atoms with Crippen LogP contribution >= 0.6 is 11.3 Å². The van der Waals surface area contributed by atoms with Crippen LogP contribution in [0.2, 0.25) is 0 Å². The maximum absolute atomic E-state index is 13.2. The Morgan fingerprint density at radius 2 is 1.97 bits per heavy atom. The fourth-order valence-corrected chi connectivity index (χ4v) is 4.95. The molecule has 2 N–H and O–H groups in total. The van der Waals surface area contributed by atoms with Crippen molar-refractivity contribution in [1.29, 1.82) is 0 Å². The van der Waals surface area contributed by atoms with Crippen molar-refractivity contribution >= 4 is 29.1 Å². The molecule has 8 nitrogen and oxygen atoms in total. The molecule has 1 aromatic carbocycles. The van der Waals surface area contributed by atoms with E-state index < -0.39 is 5.91 Å². The lowest BCUT2D eigenvalue weighted by Crippen LogP contribution is -2.44. The number of benzene rings is 1. The number of nitrogens with one attached hydrogen (secondary N) is 2. The van der Waals surface area contributed by atoms with E-state index in [2.05, 4.69) is 20.8 Å². The number of likely N-dealkylation sites (tertiary alicyclic amines) is 1. The molecule has 4 rings (SSSR count). The smallest absolute Gasteiger partial charge is 0.288 e. The third-order valence-electron chi connectivity index (χ3n) is 5.81. The van der Waals surface area contributed by atoms with Crippen LogP contribution in [-0.4, -0.2) is 39.1 Å². The number of carbonyl (C=O) groups excluding carboxylic acids is 3. The summed E-state index contributed by atoms with van der Waals surface area (Å²) >= 11 is 1.56. The van der Waals surface area contributed by atoms with Crippen LogP contribution in [0.1, 0.15) is 62.9 Å². The Hall–Kier alpha value is -3.59. The molecule has 2 aromatic heterocycles. The van der Waals surface area contributed by atoms with E-state index in [0.717, 1.165) is 29.1 Å². The summed E-state index contributed by atoms with van der Waals surface area (Å²) < 4.78 is 0. The van der Waals surface area contributed by atoms with Crippen molar-refractivity contribution in [3.8, 4) is 0 Å². The Kier molecular flexibility index (Phi) is 7.32. The van der Waals surface area contributed by atoms with Crippen LogP contribution in [0, 0.1) is 12.8 Å². The van der Waals surface area contributed by atoms with Crippen molar-refractivity contribution < 1.29 is 14.4 Å². The third kappa shape index (κ3) is 5.48. The minimum Gasteiger partial charge on any atom is -0.329 e. The van der Waals surface area contributed by atoms with Gasteiger partial charge in [0.05, 0.1) is 6.04 Å². The second-order valence-electron chi connectivity index (χ2n) is 8.45. The number of hydrogen-bond donors (Lipinski definition) is 2. The summed E-state index contributed by atoms with van der Waals surface area (Å²) in [4.78, 5) is 48.6. The highest BCUT2D eigenvalue weighted by molar-refractivity contribution is 7.09. The van der Waals surface area contributed by atoms with Crippen molar-refractivity contribution in [2.24, 2.45) is 5.92 Å². The molecule has 0 radical (unpaired) electrons. The quantitative estimate of drug-likeness (QED) is 0.529. The Bertz CT molecular complexity index is 1180. The first-order valence-electron chi connectivity index (χ1n) is 11.3. The summed E-state index contributed by atoms with van der Waals surface area (Å²) in [6, 6.07) is 12.7. The normalized spacial score (nSPS) is 16.2. The minimum atomic E-state index is -0.580. The van der Waals surface area contributed by atoms with Gasteiger partial charge in [-0.15, -0.1) is 11.3 Å². The maximum atomic E-state index is 13.2. The highest BCUT2D eigenvalue weighted by Gasteiger charge is 2.32. The zero-order valence-electron chi connectivity index (χ0n) is 19.2. The van der Waals surface area contributed by atoms with Crippen LogP contribution in [0.5, 0.6) is 0 Å². The van der Waals surface area contributed by atoms with Crippen molar-refractivity contribution in [2.45, 2.75) is 39.2 Å². The Balaban J connectivity index is 1.37. The largest absolute Gasteiger partial charge is 0.329 e. The molecule has 1 fully saturated rings. The number of hydrogen-bond acceptors (Lipinski definition) is 6. The van der Waals surface area contributed by atoms with Gasteiger partial charge in [-0.1, -0.05) is 37.3 Å². The van der Waals surface area contributed by atoms with Crippen LogP contribution in [-0.2, 0) is 11.2 Å². The molecule has 3 aromatic rings. The molecule has 34 heavy (non-hydrogen) atoms. The molecule has 1 aliphatic rings. The number of aryl methyl sites for hydroxylation is 1. The van der Waals surface area contributed by atoms with Gasteiger partial charge in [0, 0.05) is 35.3 Å². The Morgan fingerprint density at radius 1 is 1.18 bits per heavy atom. The number of hydrazine groups is 1. The van der Waals surface area contributed by atoms with E-state index >= 15 is 0 Å². The molecule has 0 aliphatic carbocycles. The number of rotatable bonds is 6. The highest BCUT2D eigenvalue weighted by atomic mass is 32.1. The summed E-state index contributed by atoms with van der Waals surface area (Å²) in [6.45, 7) is 4.37. The molecule has 3 heterocycles. The first-order valence-corrected chi connectivity index (χ1v) is 12.1. The van der Waals surface area contributed by atoms with Gasteiger partial charge >= 0.3 is 0 Å². The zero-order valence-corrected chi connectivity index (χ0v) is 20.0. The molecule has 1 saturated heterocycles. The lowest BCUT2D eigenvalue weighted by atomic mass is 10.0. The van der Waals surface area contributed by atoms with E-state index in [-0.39, 0.29) is 29.5 Å². The summed E-state index contributed by atoms with van der Waals surface area (Å²) in [5.74, 6) is -1.37. The van der Waals surface area contributed by atoms with Crippen LogP contribution in [0.25, 0.3) is 0 Å². The van der Waals surface area contributed by atoms with Crippen LogP contribution in [0.4, 0.5) is 0 Å². The van der Waals surface area contributed by atoms with Gasteiger partial charge in [-0.25, -0.2) is 4.98 Å². The minimum absolute atomic E-state index is 0.0537. The third-order valence-corrected chi connectivity index (χ3v) is 6.87. The van der Waals surface area contributed by atoms with Gasteiger partial charge in [0.25, 0.3) is 11.8 Å².